The SMILES string of the molecule is CCCNC(c1nc2c(s1)CCCC2)c1cncn1C. The molecule has 1 aliphatic rings. The number of aromatic nitrogens is 3. The van der Waals surface area contributed by atoms with Crippen LogP contribution in [0.25, 0.3) is 0 Å². The largest absolute Gasteiger partial charge is 0.336 e. The highest BCUT2D eigenvalue weighted by atomic mass is 32.1. The molecule has 0 spiro atoms. The van der Waals surface area contributed by atoms with E-state index < -0.39 is 0 Å². The number of nitrogens with zero attached hydrogens (tertiary/aromatic N) is 3. The van der Waals surface area contributed by atoms with Gasteiger partial charge in [0.1, 0.15) is 11.0 Å². The Labute approximate surface area is 124 Å². The first kappa shape index (κ1) is 13.8. The van der Waals surface area contributed by atoms with E-state index in [1.807, 2.05) is 23.9 Å². The van der Waals surface area contributed by atoms with Gasteiger partial charge >= 0.3 is 0 Å². The summed E-state index contributed by atoms with van der Waals surface area (Å²) >= 11 is 1.89. The number of thiazole rings is 1. The first-order valence-corrected chi connectivity index (χ1v) is 8.29. The van der Waals surface area contributed by atoms with Crippen LogP contribution in [0.1, 0.15) is 53.5 Å². The number of aryl methyl sites for hydroxylation is 3. The zero-order valence-corrected chi connectivity index (χ0v) is 13.0. The molecule has 1 atom stereocenters. The predicted molar refractivity (Wildman–Crippen MR) is 82.1 cm³/mol. The van der Waals surface area contributed by atoms with Crippen molar-refractivity contribution in [3.8, 4) is 0 Å². The Morgan fingerprint density at radius 2 is 2.25 bits per heavy atom. The molecule has 3 rings (SSSR count). The summed E-state index contributed by atoms with van der Waals surface area (Å²) in [5, 5.41) is 4.83. The molecule has 0 aromatic carbocycles. The summed E-state index contributed by atoms with van der Waals surface area (Å²) in [7, 11) is 2.05. The number of hydrogen-bond donors (Lipinski definition) is 1. The average Bonchev–Trinajstić information content (AvgIpc) is 3.06. The van der Waals surface area contributed by atoms with Crippen LogP contribution < -0.4 is 5.32 Å². The Bertz CT molecular complexity index is 549. The minimum Gasteiger partial charge on any atom is -0.336 e. The minimum absolute atomic E-state index is 0.179. The summed E-state index contributed by atoms with van der Waals surface area (Å²) in [6, 6.07) is 0.179. The molecule has 0 amide bonds. The molecule has 1 unspecified atom stereocenters. The Morgan fingerprint density at radius 3 is 2.95 bits per heavy atom. The highest BCUT2D eigenvalue weighted by Crippen LogP contribution is 2.32. The summed E-state index contributed by atoms with van der Waals surface area (Å²) in [4.78, 5) is 10.7. The average molecular weight is 290 g/mol. The molecule has 2 heterocycles. The molecule has 20 heavy (non-hydrogen) atoms. The van der Waals surface area contributed by atoms with Gasteiger partial charge in [-0.2, -0.15) is 0 Å². The van der Waals surface area contributed by atoms with E-state index in [2.05, 4.69) is 28.8 Å². The van der Waals surface area contributed by atoms with E-state index in [1.54, 1.807) is 0 Å². The third-order valence-corrected chi connectivity index (χ3v) is 5.08. The zero-order valence-electron chi connectivity index (χ0n) is 12.2. The lowest BCUT2D eigenvalue weighted by molar-refractivity contribution is 0.565. The second-order valence-electron chi connectivity index (χ2n) is 5.45. The lowest BCUT2D eigenvalue weighted by atomic mass is 10.0. The van der Waals surface area contributed by atoms with Crippen molar-refractivity contribution in [1.82, 2.24) is 19.9 Å². The first-order chi connectivity index (χ1) is 9.79. The van der Waals surface area contributed by atoms with Crippen LogP contribution in [-0.4, -0.2) is 21.1 Å². The molecule has 0 bridgehead atoms. The maximum atomic E-state index is 4.92. The second kappa shape index (κ2) is 6.06. The van der Waals surface area contributed by atoms with E-state index in [4.69, 9.17) is 4.98 Å². The number of nitrogens with one attached hydrogen (secondary N) is 1. The first-order valence-electron chi connectivity index (χ1n) is 7.47. The van der Waals surface area contributed by atoms with Crippen LogP contribution in [0.15, 0.2) is 12.5 Å². The molecule has 2 aromatic heterocycles. The number of rotatable bonds is 5. The van der Waals surface area contributed by atoms with E-state index >= 15 is 0 Å². The molecule has 108 valence electrons. The van der Waals surface area contributed by atoms with Crippen molar-refractivity contribution in [3.05, 3.63) is 33.8 Å². The number of imidazole rings is 1. The summed E-state index contributed by atoms with van der Waals surface area (Å²) in [6.45, 7) is 3.19. The van der Waals surface area contributed by atoms with Crippen LogP contribution in [0.5, 0.6) is 0 Å². The van der Waals surface area contributed by atoms with Gasteiger partial charge in [0.2, 0.25) is 0 Å². The van der Waals surface area contributed by atoms with Crippen molar-refractivity contribution in [2.45, 2.75) is 45.1 Å². The maximum Gasteiger partial charge on any atom is 0.116 e. The molecule has 0 aliphatic heterocycles. The third-order valence-electron chi connectivity index (χ3n) is 3.86. The normalized spacial score (nSPS) is 16.1. The van der Waals surface area contributed by atoms with Gasteiger partial charge in [0.15, 0.2) is 0 Å². The van der Waals surface area contributed by atoms with Gasteiger partial charge in [0.25, 0.3) is 0 Å². The lowest BCUT2D eigenvalue weighted by Crippen LogP contribution is -2.24. The Kier molecular flexibility index (Phi) is 4.17. The Morgan fingerprint density at radius 1 is 1.40 bits per heavy atom. The van der Waals surface area contributed by atoms with Crippen LogP contribution >= 0.6 is 11.3 Å². The van der Waals surface area contributed by atoms with Crippen molar-refractivity contribution in [3.63, 3.8) is 0 Å². The molecule has 0 fully saturated rings. The highest BCUT2D eigenvalue weighted by molar-refractivity contribution is 7.11. The molecule has 1 aliphatic carbocycles. The van der Waals surface area contributed by atoms with Crippen LogP contribution in [0.4, 0.5) is 0 Å². The summed E-state index contributed by atoms with van der Waals surface area (Å²) in [5.41, 5.74) is 2.53. The van der Waals surface area contributed by atoms with E-state index in [9.17, 15) is 0 Å². The third kappa shape index (κ3) is 2.65. The molecule has 0 radical (unpaired) electrons. The van der Waals surface area contributed by atoms with Gasteiger partial charge in [-0.25, -0.2) is 9.97 Å². The molecule has 4 nitrogen and oxygen atoms in total. The smallest absolute Gasteiger partial charge is 0.116 e. The Hall–Kier alpha value is -1.20. The van der Waals surface area contributed by atoms with Gasteiger partial charge in [-0.15, -0.1) is 11.3 Å². The van der Waals surface area contributed by atoms with Crippen LogP contribution in [0, 0.1) is 0 Å². The van der Waals surface area contributed by atoms with Crippen LogP contribution in [0.3, 0.4) is 0 Å². The van der Waals surface area contributed by atoms with Gasteiger partial charge in [-0.05, 0) is 38.6 Å². The van der Waals surface area contributed by atoms with Gasteiger partial charge < -0.3 is 9.88 Å². The second-order valence-corrected chi connectivity index (χ2v) is 6.56. The maximum absolute atomic E-state index is 4.92. The van der Waals surface area contributed by atoms with Gasteiger partial charge in [-0.3, -0.25) is 0 Å². The number of fused-ring (bicyclic) bond motifs is 1. The zero-order chi connectivity index (χ0) is 13.9. The minimum atomic E-state index is 0.179. The van der Waals surface area contributed by atoms with Crippen molar-refractivity contribution in [2.24, 2.45) is 7.05 Å². The van der Waals surface area contributed by atoms with Crippen molar-refractivity contribution < 1.29 is 0 Å². The van der Waals surface area contributed by atoms with E-state index in [-0.39, 0.29) is 6.04 Å². The molecular formula is C15H22N4S. The lowest BCUT2D eigenvalue weighted by Gasteiger charge is -2.16. The van der Waals surface area contributed by atoms with Crippen LogP contribution in [-0.2, 0) is 19.9 Å². The van der Waals surface area contributed by atoms with E-state index in [0.29, 0.717) is 0 Å². The van der Waals surface area contributed by atoms with Gasteiger partial charge in [0, 0.05) is 11.9 Å². The summed E-state index contributed by atoms with van der Waals surface area (Å²) < 4.78 is 2.09. The van der Waals surface area contributed by atoms with Crippen molar-refractivity contribution in [2.75, 3.05) is 6.54 Å². The molecule has 1 N–H and O–H groups in total. The summed E-state index contributed by atoms with van der Waals surface area (Å²) in [6.07, 6.45) is 9.90. The fourth-order valence-corrected chi connectivity index (χ4v) is 3.99. The van der Waals surface area contributed by atoms with E-state index in [1.165, 1.54) is 40.5 Å². The fraction of sp³-hybridized carbons (Fsp3) is 0.600. The van der Waals surface area contributed by atoms with Crippen molar-refractivity contribution in [1.29, 1.82) is 0 Å². The highest BCUT2D eigenvalue weighted by Gasteiger charge is 2.23. The van der Waals surface area contributed by atoms with Gasteiger partial charge in [-0.1, -0.05) is 6.92 Å². The molecule has 2 aromatic rings. The van der Waals surface area contributed by atoms with Crippen molar-refractivity contribution >= 4 is 11.3 Å². The quantitative estimate of drug-likeness (QED) is 0.921. The van der Waals surface area contributed by atoms with E-state index in [0.717, 1.165) is 19.4 Å². The number of hydrogen-bond acceptors (Lipinski definition) is 4. The van der Waals surface area contributed by atoms with Crippen LogP contribution in [0.2, 0.25) is 0 Å². The monoisotopic (exact) mass is 290 g/mol. The predicted octanol–water partition coefficient (Wildman–Crippen LogP) is 2.84. The topological polar surface area (TPSA) is 42.7 Å². The Balaban J connectivity index is 1.92. The molecule has 0 saturated heterocycles. The molecule has 0 saturated carbocycles. The van der Waals surface area contributed by atoms with Gasteiger partial charge in [0.05, 0.1) is 23.9 Å². The summed E-state index contributed by atoms with van der Waals surface area (Å²) in [5.74, 6) is 0. The fourth-order valence-electron chi connectivity index (χ4n) is 2.75. The molecule has 5 heteroatoms. The molecular weight excluding hydrogens is 268 g/mol. The standard InChI is InChI=1S/C15H22N4S/c1-3-8-17-14(12-9-16-10-19(12)2)15-18-11-6-4-5-7-13(11)20-15/h9-10,14,17H,3-8H2,1-2H3.